The quantitative estimate of drug-likeness (QED) is 0.207. The lowest BCUT2D eigenvalue weighted by molar-refractivity contribution is -0.274. The molecule has 5 aromatic rings. The van der Waals surface area contributed by atoms with Crippen LogP contribution in [-0.4, -0.2) is 42.9 Å². The van der Waals surface area contributed by atoms with Crippen LogP contribution in [0.2, 0.25) is 0 Å². The van der Waals surface area contributed by atoms with Crippen molar-refractivity contribution in [1.82, 2.24) is 19.7 Å². The minimum Gasteiger partial charge on any atom is -0.406 e. The molecule has 0 bridgehead atoms. The maximum Gasteiger partial charge on any atom is 0.573 e. The number of halogens is 3. The highest BCUT2D eigenvalue weighted by Gasteiger charge is 2.32. The first-order valence-corrected chi connectivity index (χ1v) is 14.0. The van der Waals surface area contributed by atoms with Gasteiger partial charge in [0.2, 0.25) is 5.91 Å². The lowest BCUT2D eigenvalue weighted by Crippen LogP contribution is -2.30. The van der Waals surface area contributed by atoms with Crippen LogP contribution in [0.25, 0.3) is 28.0 Å². The Balaban J connectivity index is 1.25. The van der Waals surface area contributed by atoms with Crippen LogP contribution in [0.5, 0.6) is 5.75 Å². The Kier molecular flexibility index (Phi) is 7.15. The first-order chi connectivity index (χ1) is 20.1. The van der Waals surface area contributed by atoms with Gasteiger partial charge in [-0.15, -0.1) is 18.3 Å². The van der Waals surface area contributed by atoms with Crippen LogP contribution in [0.3, 0.4) is 0 Å². The first kappa shape index (κ1) is 27.5. The number of hydrogen-bond donors (Lipinski definition) is 0. The van der Waals surface area contributed by atoms with E-state index in [1.165, 1.54) is 47.0 Å². The molecule has 1 saturated heterocycles. The van der Waals surface area contributed by atoms with Crippen LogP contribution in [0, 0.1) is 0 Å². The molecule has 0 N–H and O–H groups in total. The zero-order valence-electron chi connectivity index (χ0n) is 22.4. The molecule has 0 atom stereocenters. The molecule has 1 amide bonds. The van der Waals surface area contributed by atoms with Crippen LogP contribution in [0.15, 0.2) is 90.2 Å². The summed E-state index contributed by atoms with van der Waals surface area (Å²) < 4.78 is 42.7. The fourth-order valence-electron chi connectivity index (χ4n) is 4.55. The van der Waals surface area contributed by atoms with Gasteiger partial charge in [0.25, 0.3) is 0 Å². The number of hydrogen-bond acceptors (Lipinski definition) is 7. The highest BCUT2D eigenvalue weighted by Crippen LogP contribution is 2.33. The molecule has 6 rings (SSSR count). The molecule has 1 fully saturated rings. The average Bonchev–Trinajstić information content (AvgIpc) is 3.59. The number of thioether (sulfide) groups is 1. The van der Waals surface area contributed by atoms with Crippen LogP contribution in [0.4, 0.5) is 24.7 Å². The number of ether oxygens (including phenoxy) is 1. The summed E-state index contributed by atoms with van der Waals surface area (Å²) >= 11 is 1.39. The Morgan fingerprint density at radius 2 is 1.79 bits per heavy atom. The fraction of sp³-hybridized carbons (Fsp3) is 0.167. The van der Waals surface area contributed by atoms with Crippen molar-refractivity contribution < 1.29 is 22.7 Å². The first-order valence-electron chi connectivity index (χ1n) is 13.0. The van der Waals surface area contributed by atoms with Crippen LogP contribution < -0.4 is 9.64 Å². The molecule has 3 heterocycles. The maximum absolute atomic E-state index is 12.9. The van der Waals surface area contributed by atoms with Gasteiger partial charge in [-0.2, -0.15) is 0 Å². The number of carbonyl (C=O) groups is 1. The van der Waals surface area contributed by atoms with Gasteiger partial charge in [-0.25, -0.2) is 24.5 Å². The van der Waals surface area contributed by atoms with Crippen molar-refractivity contribution in [2.45, 2.75) is 26.1 Å². The molecule has 0 aliphatic carbocycles. The highest BCUT2D eigenvalue weighted by molar-refractivity contribution is 8.15. The molecule has 1 aliphatic heterocycles. The number of fused-ring (bicyclic) bond motifs is 1. The van der Waals surface area contributed by atoms with Gasteiger partial charge in [-0.1, -0.05) is 43.8 Å². The Labute approximate surface area is 242 Å². The molecule has 212 valence electrons. The maximum atomic E-state index is 12.9. The molecule has 8 nitrogen and oxygen atoms in total. The number of nitrogens with zero attached hydrogens (tertiary/aromatic N) is 6. The number of carbonyl (C=O) groups excluding carboxylic acids is 1. The Morgan fingerprint density at radius 1 is 1.00 bits per heavy atom. The van der Waals surface area contributed by atoms with Crippen molar-refractivity contribution in [3.63, 3.8) is 0 Å². The van der Waals surface area contributed by atoms with Gasteiger partial charge in [0.05, 0.1) is 22.6 Å². The number of alkyl halides is 3. The number of para-hydroxylation sites is 1. The summed E-state index contributed by atoms with van der Waals surface area (Å²) in [6.07, 6.45) is -3.28. The van der Waals surface area contributed by atoms with Crippen LogP contribution >= 0.6 is 11.8 Å². The molecule has 1 aliphatic rings. The number of pyridine rings is 1. The van der Waals surface area contributed by atoms with Crippen LogP contribution in [-0.2, 0) is 4.79 Å². The molecule has 0 spiro atoms. The van der Waals surface area contributed by atoms with E-state index in [1.807, 2.05) is 48.5 Å². The molecular formula is C30H23F3N6O2S. The van der Waals surface area contributed by atoms with Crippen molar-refractivity contribution in [2.75, 3.05) is 10.7 Å². The summed E-state index contributed by atoms with van der Waals surface area (Å²) in [5.41, 5.74) is 3.87. The topological polar surface area (TPSA) is 85.5 Å². The number of aliphatic imine (C=N–C) groups is 1. The van der Waals surface area contributed by atoms with E-state index >= 15 is 0 Å². The Morgan fingerprint density at radius 3 is 2.55 bits per heavy atom. The summed E-state index contributed by atoms with van der Waals surface area (Å²) in [6.45, 7) is 4.22. The summed E-state index contributed by atoms with van der Waals surface area (Å²) in [7, 11) is 0. The third-order valence-corrected chi connectivity index (χ3v) is 7.45. The summed E-state index contributed by atoms with van der Waals surface area (Å²) in [5.74, 6) is 1.09. The molecule has 0 radical (unpaired) electrons. The van der Waals surface area contributed by atoms with Gasteiger partial charge in [0.1, 0.15) is 17.9 Å². The largest absolute Gasteiger partial charge is 0.573 e. The van der Waals surface area contributed by atoms with E-state index < -0.39 is 6.36 Å². The lowest BCUT2D eigenvalue weighted by Gasteiger charge is -2.17. The summed E-state index contributed by atoms with van der Waals surface area (Å²) in [6, 6.07) is 22.5. The minimum atomic E-state index is -4.76. The molecule has 42 heavy (non-hydrogen) atoms. The Bertz CT molecular complexity index is 1820. The molecule has 0 unspecified atom stereocenters. The van der Waals surface area contributed by atoms with E-state index in [1.54, 1.807) is 11.0 Å². The standard InChI is InChI=1S/C30H23F3N6O2S/c1-18(2)23-5-3-4-6-25(23)36-29-39(27(40)16-42-29)26-14-8-19-15-20(7-13-24(19)35-26)28-34-17-38(37-28)21-9-11-22(12-10-21)41-30(31,32)33/h3-15,17-18H,16H2,1-2H3/b36-29+. The molecule has 12 heteroatoms. The Hall–Kier alpha value is -4.71. The van der Waals surface area contributed by atoms with E-state index in [2.05, 4.69) is 28.7 Å². The molecular weight excluding hydrogens is 565 g/mol. The smallest absolute Gasteiger partial charge is 0.406 e. The van der Waals surface area contributed by atoms with Crippen molar-refractivity contribution >= 4 is 45.2 Å². The second-order valence-electron chi connectivity index (χ2n) is 9.76. The summed E-state index contributed by atoms with van der Waals surface area (Å²) in [4.78, 5) is 28.4. The minimum absolute atomic E-state index is 0.0861. The van der Waals surface area contributed by atoms with Gasteiger partial charge in [0.15, 0.2) is 11.0 Å². The van der Waals surface area contributed by atoms with Gasteiger partial charge in [-0.05, 0) is 72.1 Å². The number of benzene rings is 3. The molecule has 0 saturated carbocycles. The summed E-state index contributed by atoms with van der Waals surface area (Å²) in [5, 5.41) is 5.88. The van der Waals surface area contributed by atoms with Crippen molar-refractivity contribution in [3.8, 4) is 22.8 Å². The second-order valence-corrected chi connectivity index (χ2v) is 10.7. The number of amidine groups is 1. The fourth-order valence-corrected chi connectivity index (χ4v) is 5.42. The zero-order valence-corrected chi connectivity index (χ0v) is 23.2. The number of rotatable bonds is 6. The predicted octanol–water partition coefficient (Wildman–Crippen LogP) is 7.27. The third-order valence-electron chi connectivity index (χ3n) is 6.53. The SMILES string of the molecule is CC(C)c1ccccc1/N=C1/SCC(=O)N1c1ccc2cc(-c3ncn(-c4ccc(OC(F)(F)F)cc4)n3)ccc2n1. The number of amides is 1. The monoisotopic (exact) mass is 588 g/mol. The predicted molar refractivity (Wildman–Crippen MR) is 156 cm³/mol. The van der Waals surface area contributed by atoms with Gasteiger partial charge in [0, 0.05) is 10.9 Å². The van der Waals surface area contributed by atoms with Gasteiger partial charge < -0.3 is 4.74 Å². The number of anilines is 1. The third kappa shape index (κ3) is 5.70. The lowest BCUT2D eigenvalue weighted by atomic mass is 10.0. The normalized spacial score (nSPS) is 14.9. The van der Waals surface area contributed by atoms with Crippen LogP contribution in [0.1, 0.15) is 25.3 Å². The molecule has 2 aromatic heterocycles. The number of aromatic nitrogens is 4. The van der Waals surface area contributed by atoms with E-state index in [9.17, 15) is 18.0 Å². The van der Waals surface area contributed by atoms with E-state index in [-0.39, 0.29) is 23.3 Å². The van der Waals surface area contributed by atoms with Gasteiger partial charge >= 0.3 is 6.36 Å². The van der Waals surface area contributed by atoms with Crippen molar-refractivity contribution in [1.29, 1.82) is 0 Å². The zero-order chi connectivity index (χ0) is 29.4. The second kappa shape index (κ2) is 10.9. The van der Waals surface area contributed by atoms with E-state index in [4.69, 9.17) is 9.98 Å². The molecule has 3 aromatic carbocycles. The highest BCUT2D eigenvalue weighted by atomic mass is 32.2. The van der Waals surface area contributed by atoms with Gasteiger partial charge in [-0.3, -0.25) is 4.79 Å². The van der Waals surface area contributed by atoms with E-state index in [0.717, 1.165) is 22.2 Å². The van der Waals surface area contributed by atoms with Crippen molar-refractivity contribution in [2.24, 2.45) is 4.99 Å². The van der Waals surface area contributed by atoms with E-state index in [0.29, 0.717) is 28.0 Å². The van der Waals surface area contributed by atoms with Crippen molar-refractivity contribution in [3.05, 3.63) is 90.8 Å². The average molecular weight is 589 g/mol.